The number of rotatable bonds is 3. The Bertz CT molecular complexity index is 438. The molecule has 0 amide bonds. The van der Waals surface area contributed by atoms with E-state index in [-0.39, 0.29) is 12.4 Å². The van der Waals surface area contributed by atoms with E-state index in [1.807, 2.05) is 6.26 Å². The number of thioether (sulfide) groups is 1. The number of thiocarbonyl (C=S) groups is 1. The van der Waals surface area contributed by atoms with Gasteiger partial charge in [0.25, 0.3) is 0 Å². The number of carbonyl (C=O) groups excluding carboxylic acids is 1. The Morgan fingerprint density at radius 2 is 2.32 bits per heavy atom. The third-order valence-corrected chi connectivity index (χ3v) is 3.15. The van der Waals surface area contributed by atoms with Crippen LogP contribution in [0.25, 0.3) is 0 Å². The summed E-state index contributed by atoms with van der Waals surface area (Å²) in [6.45, 7) is 1.39. The van der Waals surface area contributed by atoms with E-state index in [1.165, 1.54) is 24.2 Å². The zero-order valence-corrected chi connectivity index (χ0v) is 13.5. The van der Waals surface area contributed by atoms with Crippen molar-refractivity contribution in [2.75, 3.05) is 12.9 Å². The van der Waals surface area contributed by atoms with Crippen LogP contribution in [-0.4, -0.2) is 33.8 Å². The van der Waals surface area contributed by atoms with Crippen molar-refractivity contribution in [2.45, 2.75) is 6.92 Å². The molecule has 1 heterocycles. The number of nitrogens with one attached hydrogen (secondary N) is 2. The van der Waals surface area contributed by atoms with Crippen LogP contribution >= 0.6 is 34.1 Å². The van der Waals surface area contributed by atoms with Crippen LogP contribution in [0.4, 0.5) is 0 Å². The van der Waals surface area contributed by atoms with Crippen molar-refractivity contribution in [3.8, 4) is 0 Å². The summed E-state index contributed by atoms with van der Waals surface area (Å²) in [7, 11) is 4.20. The number of aliphatic hydroxyl groups excluding tert-OH is 1. The van der Waals surface area contributed by atoms with Crippen molar-refractivity contribution in [1.29, 1.82) is 0 Å². The molecule has 1 rings (SSSR count). The molecular weight excluding hydrogens is 357 g/mol. The number of carbonyl (C=O) groups is 1. The fourth-order valence-corrected chi connectivity index (χ4v) is 1.37. The average Bonchev–Trinajstić information content (AvgIpc) is 2.45. The number of Topliss-reactive ketones (excluding diaryl/α,β-unsaturated/α-hetero) is 1. The molecule has 0 saturated heterocycles. The summed E-state index contributed by atoms with van der Waals surface area (Å²) in [5, 5.41) is 9.11. The van der Waals surface area contributed by atoms with Gasteiger partial charge in [-0.2, -0.15) is 0 Å². The standard InChI is InChI=1S/C10H13N3O2S2.ClH.Cu/c1-6-9(15)8(7(5-14)3-11-6)4-12-13-10(16)17-2;;/h3-4,12,14H,5H2,1-2H3,(H,13,16);1H;/q;;+1/p-1/b8-4-;;. The first kappa shape index (κ1) is 18.6. The number of aliphatic imine (C=N–C) groups is 1. The van der Waals surface area contributed by atoms with Crippen LogP contribution in [0.15, 0.2) is 28.5 Å². The minimum atomic E-state index is -0.233. The normalized spacial score (nSPS) is 16.1. The van der Waals surface area contributed by atoms with Gasteiger partial charge in [0.15, 0.2) is 4.32 Å². The van der Waals surface area contributed by atoms with Gasteiger partial charge in [-0.05, 0) is 13.2 Å². The SMILES string of the molecule is CSC(=S)NN/C=C1\C(=O)C(C)=NC=C1CO.[Cl][Cu]. The van der Waals surface area contributed by atoms with E-state index in [9.17, 15) is 4.79 Å². The van der Waals surface area contributed by atoms with E-state index < -0.39 is 0 Å². The van der Waals surface area contributed by atoms with Gasteiger partial charge in [-0.1, -0.05) is 24.0 Å². The van der Waals surface area contributed by atoms with E-state index in [0.717, 1.165) is 0 Å². The van der Waals surface area contributed by atoms with Crippen LogP contribution in [0.3, 0.4) is 0 Å². The van der Waals surface area contributed by atoms with Gasteiger partial charge in [-0.15, -0.1) is 0 Å². The minimum absolute atomic E-state index is 0.207. The summed E-state index contributed by atoms with van der Waals surface area (Å²) >= 11 is 9.95. The first-order valence-electron chi connectivity index (χ1n) is 4.90. The molecule has 0 spiro atoms. The second-order valence-electron chi connectivity index (χ2n) is 3.18. The second kappa shape index (κ2) is 10.4. The van der Waals surface area contributed by atoms with E-state index in [2.05, 4.69) is 41.0 Å². The van der Waals surface area contributed by atoms with Crippen molar-refractivity contribution in [1.82, 2.24) is 10.9 Å². The molecule has 0 saturated carbocycles. The number of aliphatic hydroxyl groups is 1. The molecule has 9 heteroatoms. The molecule has 0 aromatic carbocycles. The maximum absolute atomic E-state index is 11.8. The number of hydrazine groups is 1. The Morgan fingerprint density at radius 1 is 1.68 bits per heavy atom. The van der Waals surface area contributed by atoms with Crippen LogP contribution in [0.2, 0.25) is 0 Å². The molecule has 0 aromatic rings. The van der Waals surface area contributed by atoms with E-state index >= 15 is 0 Å². The third kappa shape index (κ3) is 6.07. The molecule has 110 valence electrons. The maximum atomic E-state index is 11.8. The van der Waals surface area contributed by atoms with Crippen molar-refractivity contribution in [3.63, 3.8) is 0 Å². The topological polar surface area (TPSA) is 73.7 Å². The van der Waals surface area contributed by atoms with Crippen molar-refractivity contribution >= 4 is 49.9 Å². The molecule has 19 heavy (non-hydrogen) atoms. The predicted molar refractivity (Wildman–Crippen MR) is 79.6 cm³/mol. The van der Waals surface area contributed by atoms with Gasteiger partial charge in [0.05, 0.1) is 12.3 Å². The molecule has 0 radical (unpaired) electrons. The molecule has 0 aliphatic carbocycles. The Balaban J connectivity index is 0.00000154. The van der Waals surface area contributed by atoms with E-state index in [1.54, 1.807) is 6.92 Å². The van der Waals surface area contributed by atoms with Gasteiger partial charge in [0.1, 0.15) is 0 Å². The summed E-state index contributed by atoms with van der Waals surface area (Å²) in [6, 6.07) is 0. The van der Waals surface area contributed by atoms with Gasteiger partial charge >= 0.3 is 25.2 Å². The summed E-state index contributed by atoms with van der Waals surface area (Å²) < 4.78 is 0.560. The van der Waals surface area contributed by atoms with Gasteiger partial charge in [-0.25, -0.2) is 0 Å². The average molecular weight is 370 g/mol. The molecule has 1 aliphatic rings. The molecule has 5 nitrogen and oxygen atoms in total. The number of hydrogen-bond donors (Lipinski definition) is 3. The fourth-order valence-electron chi connectivity index (χ4n) is 1.15. The van der Waals surface area contributed by atoms with Crippen LogP contribution in [0.5, 0.6) is 0 Å². The predicted octanol–water partition coefficient (Wildman–Crippen LogP) is 1.22. The molecule has 0 aromatic heterocycles. The van der Waals surface area contributed by atoms with Crippen molar-refractivity contribution in [2.24, 2.45) is 4.99 Å². The van der Waals surface area contributed by atoms with Crippen LogP contribution in [0.1, 0.15) is 6.92 Å². The van der Waals surface area contributed by atoms with Gasteiger partial charge in [0.2, 0.25) is 5.78 Å². The summed E-state index contributed by atoms with van der Waals surface area (Å²) in [4.78, 5) is 15.7. The summed E-state index contributed by atoms with van der Waals surface area (Å²) in [6.07, 6.45) is 4.80. The second-order valence-corrected chi connectivity index (χ2v) is 4.66. The zero-order chi connectivity index (χ0) is 14.8. The van der Waals surface area contributed by atoms with Crippen LogP contribution in [-0.2, 0) is 19.9 Å². The number of nitrogens with zero attached hydrogens (tertiary/aromatic N) is 1. The number of ketones is 1. The molecule has 0 unspecified atom stereocenters. The third-order valence-electron chi connectivity index (χ3n) is 2.08. The summed E-state index contributed by atoms with van der Waals surface area (Å²) in [5.41, 5.74) is 6.70. The van der Waals surface area contributed by atoms with E-state index in [4.69, 9.17) is 17.3 Å². The number of hydrogen-bond acceptors (Lipinski definition) is 6. The quantitative estimate of drug-likeness (QED) is 0.300. The van der Waals surface area contributed by atoms with Crippen LogP contribution in [0, 0.1) is 0 Å². The molecule has 0 fully saturated rings. The Kier molecular flexibility index (Phi) is 10.2. The Morgan fingerprint density at radius 3 is 2.84 bits per heavy atom. The molecule has 0 bridgehead atoms. The van der Waals surface area contributed by atoms with Crippen molar-refractivity contribution < 1.29 is 25.0 Å². The first-order chi connectivity index (χ1) is 9.10. The molecule has 3 N–H and O–H groups in total. The zero-order valence-electron chi connectivity index (χ0n) is 10.2. The first-order valence-corrected chi connectivity index (χ1v) is 7.83. The molecular formula is C10H13ClCuN3O2S2. The van der Waals surface area contributed by atoms with Gasteiger partial charge < -0.3 is 10.5 Å². The van der Waals surface area contributed by atoms with Crippen LogP contribution < -0.4 is 10.9 Å². The monoisotopic (exact) mass is 369 g/mol. The summed E-state index contributed by atoms with van der Waals surface area (Å²) in [5.74, 6) is -0.207. The van der Waals surface area contributed by atoms with Crippen molar-refractivity contribution in [3.05, 3.63) is 23.5 Å². The Labute approximate surface area is 134 Å². The molecule has 1 aliphatic heterocycles. The Hall–Kier alpha value is -0.371. The fraction of sp³-hybridized carbons (Fsp3) is 0.300. The van der Waals surface area contributed by atoms with Gasteiger partial charge in [-0.3, -0.25) is 15.2 Å². The van der Waals surface area contributed by atoms with E-state index in [0.29, 0.717) is 21.2 Å². The number of halogens is 1. The van der Waals surface area contributed by atoms with Gasteiger partial charge in [0, 0.05) is 23.5 Å². The molecule has 0 atom stereocenters.